The largest absolute Gasteiger partial charge is 0.324 e. The summed E-state index contributed by atoms with van der Waals surface area (Å²) in [5.74, 6) is 0. The minimum atomic E-state index is -0.457. The molecule has 0 aromatic heterocycles. The van der Waals surface area contributed by atoms with E-state index in [0.717, 1.165) is 0 Å². The molecule has 1 aliphatic heterocycles. The first-order chi connectivity index (χ1) is 6.07. The van der Waals surface area contributed by atoms with E-state index in [0.29, 0.717) is 0 Å². The Hall–Kier alpha value is -0.450. The highest BCUT2D eigenvalue weighted by atomic mass is 15.3. The van der Waals surface area contributed by atoms with Gasteiger partial charge in [0.2, 0.25) is 0 Å². The Labute approximate surface area is 86.1 Å². The first-order valence-corrected chi connectivity index (χ1v) is 4.97. The van der Waals surface area contributed by atoms with E-state index in [9.17, 15) is 0 Å². The molecule has 82 valence electrons. The van der Waals surface area contributed by atoms with Crippen LogP contribution in [-0.4, -0.2) is 29.0 Å². The van der Waals surface area contributed by atoms with Gasteiger partial charge in [0.25, 0.3) is 0 Å². The summed E-state index contributed by atoms with van der Waals surface area (Å²) in [5.41, 5.74) is 11.1. The van der Waals surface area contributed by atoms with Gasteiger partial charge < -0.3 is 11.5 Å². The van der Waals surface area contributed by atoms with Crippen molar-refractivity contribution in [2.45, 2.75) is 57.4 Å². The van der Waals surface area contributed by atoms with Crippen LogP contribution in [0.25, 0.3) is 0 Å². The SMILES string of the molecule is CC1(C)C=NC(C)(C(N)C(C)(C)N)N1. The Morgan fingerprint density at radius 2 is 1.86 bits per heavy atom. The lowest BCUT2D eigenvalue weighted by atomic mass is 9.86. The van der Waals surface area contributed by atoms with Gasteiger partial charge in [-0.25, -0.2) is 0 Å². The summed E-state index contributed by atoms with van der Waals surface area (Å²) in [6, 6.07) is -0.215. The normalized spacial score (nSPS) is 33.4. The van der Waals surface area contributed by atoms with Crippen LogP contribution >= 0.6 is 0 Å². The summed E-state index contributed by atoms with van der Waals surface area (Å²) >= 11 is 0. The number of aliphatic imine (C=N–C) groups is 1. The molecule has 0 saturated heterocycles. The van der Waals surface area contributed by atoms with E-state index in [1.807, 2.05) is 27.0 Å². The Kier molecular flexibility index (Phi) is 2.51. The molecule has 0 spiro atoms. The third kappa shape index (κ3) is 2.13. The zero-order valence-corrected chi connectivity index (χ0v) is 9.76. The van der Waals surface area contributed by atoms with Gasteiger partial charge in [0, 0.05) is 17.3 Å². The van der Waals surface area contributed by atoms with Gasteiger partial charge in [-0.1, -0.05) is 0 Å². The molecule has 1 heterocycles. The van der Waals surface area contributed by atoms with Gasteiger partial charge in [-0.2, -0.15) is 0 Å². The molecule has 0 fully saturated rings. The van der Waals surface area contributed by atoms with Crippen LogP contribution in [0.5, 0.6) is 0 Å². The summed E-state index contributed by atoms with van der Waals surface area (Å²) in [6.07, 6.45) is 1.90. The summed E-state index contributed by atoms with van der Waals surface area (Å²) < 4.78 is 0. The van der Waals surface area contributed by atoms with Crippen molar-refractivity contribution in [2.75, 3.05) is 0 Å². The molecule has 0 amide bonds. The maximum Gasteiger partial charge on any atom is 0.125 e. The number of nitrogens with zero attached hydrogens (tertiary/aromatic N) is 1. The number of hydrogen-bond donors (Lipinski definition) is 3. The maximum atomic E-state index is 6.11. The monoisotopic (exact) mass is 198 g/mol. The van der Waals surface area contributed by atoms with Gasteiger partial charge in [0.05, 0.1) is 6.04 Å². The smallest absolute Gasteiger partial charge is 0.125 e. The summed E-state index contributed by atoms with van der Waals surface area (Å²) in [5, 5.41) is 3.39. The number of nitrogens with two attached hydrogens (primary N) is 2. The second-order valence-electron chi connectivity index (χ2n) is 5.55. The Morgan fingerprint density at radius 1 is 1.36 bits per heavy atom. The molecule has 0 bridgehead atoms. The first-order valence-electron chi connectivity index (χ1n) is 4.97. The van der Waals surface area contributed by atoms with Crippen molar-refractivity contribution in [3.63, 3.8) is 0 Å². The second-order valence-corrected chi connectivity index (χ2v) is 5.55. The van der Waals surface area contributed by atoms with Crippen molar-refractivity contribution in [1.82, 2.24) is 5.32 Å². The molecule has 5 N–H and O–H groups in total. The average Bonchev–Trinajstić information content (AvgIpc) is 2.24. The molecular formula is C10H22N4. The molecule has 0 aromatic carbocycles. The van der Waals surface area contributed by atoms with Crippen LogP contribution in [0.4, 0.5) is 0 Å². The van der Waals surface area contributed by atoms with Crippen molar-refractivity contribution in [1.29, 1.82) is 0 Å². The van der Waals surface area contributed by atoms with Crippen molar-refractivity contribution in [3.8, 4) is 0 Å². The Balaban J connectivity index is 2.85. The number of rotatable bonds is 2. The number of nitrogens with one attached hydrogen (secondary N) is 1. The fourth-order valence-corrected chi connectivity index (χ4v) is 1.89. The Bertz CT molecular complexity index is 251. The Morgan fingerprint density at radius 3 is 2.14 bits per heavy atom. The van der Waals surface area contributed by atoms with Crippen molar-refractivity contribution < 1.29 is 0 Å². The van der Waals surface area contributed by atoms with Crippen LogP contribution in [0.3, 0.4) is 0 Å². The summed E-state index contributed by atoms with van der Waals surface area (Å²) in [4.78, 5) is 4.45. The van der Waals surface area contributed by atoms with Crippen molar-refractivity contribution >= 4 is 6.21 Å². The molecule has 2 atom stereocenters. The molecule has 4 nitrogen and oxygen atoms in total. The first kappa shape index (κ1) is 11.6. The van der Waals surface area contributed by atoms with Crippen LogP contribution in [0, 0.1) is 0 Å². The molecule has 0 radical (unpaired) electrons. The molecule has 0 aliphatic carbocycles. The van der Waals surface area contributed by atoms with Gasteiger partial charge in [-0.3, -0.25) is 10.3 Å². The van der Waals surface area contributed by atoms with Crippen molar-refractivity contribution in [2.24, 2.45) is 16.5 Å². The van der Waals surface area contributed by atoms with Crippen LogP contribution in [0.15, 0.2) is 4.99 Å². The number of hydrogen-bond acceptors (Lipinski definition) is 4. The minimum Gasteiger partial charge on any atom is -0.324 e. The van der Waals surface area contributed by atoms with Crippen LogP contribution < -0.4 is 16.8 Å². The maximum absolute atomic E-state index is 6.11. The fourth-order valence-electron chi connectivity index (χ4n) is 1.89. The molecule has 14 heavy (non-hydrogen) atoms. The van der Waals surface area contributed by atoms with E-state index in [4.69, 9.17) is 11.5 Å². The van der Waals surface area contributed by atoms with Crippen LogP contribution in [-0.2, 0) is 0 Å². The van der Waals surface area contributed by atoms with E-state index < -0.39 is 11.2 Å². The minimum absolute atomic E-state index is 0.0996. The van der Waals surface area contributed by atoms with Crippen molar-refractivity contribution in [3.05, 3.63) is 0 Å². The highest BCUT2D eigenvalue weighted by molar-refractivity contribution is 5.72. The average molecular weight is 198 g/mol. The third-order valence-corrected chi connectivity index (χ3v) is 2.64. The molecule has 0 aromatic rings. The highest BCUT2D eigenvalue weighted by Gasteiger charge is 2.44. The zero-order chi connectivity index (χ0) is 11.2. The zero-order valence-electron chi connectivity index (χ0n) is 9.76. The fraction of sp³-hybridized carbons (Fsp3) is 0.900. The van der Waals surface area contributed by atoms with E-state index >= 15 is 0 Å². The van der Waals surface area contributed by atoms with E-state index in [1.54, 1.807) is 0 Å². The topological polar surface area (TPSA) is 76.4 Å². The molecule has 4 heteroatoms. The van der Waals surface area contributed by atoms with E-state index in [-0.39, 0.29) is 11.6 Å². The predicted molar refractivity (Wildman–Crippen MR) is 60.4 cm³/mol. The van der Waals surface area contributed by atoms with Gasteiger partial charge >= 0.3 is 0 Å². The van der Waals surface area contributed by atoms with Gasteiger partial charge in [-0.05, 0) is 34.6 Å². The third-order valence-electron chi connectivity index (χ3n) is 2.64. The molecule has 1 rings (SSSR count). The molecule has 1 aliphatic rings. The summed E-state index contributed by atoms with van der Waals surface area (Å²) in [6.45, 7) is 9.96. The van der Waals surface area contributed by atoms with Gasteiger partial charge in [-0.15, -0.1) is 0 Å². The van der Waals surface area contributed by atoms with Gasteiger partial charge in [0.15, 0.2) is 0 Å². The standard InChI is InChI=1S/C10H22N4/c1-8(2)6-13-10(5,14-8)7(11)9(3,4)12/h6-7,14H,11-12H2,1-5H3. The van der Waals surface area contributed by atoms with Gasteiger partial charge in [0.1, 0.15) is 5.66 Å². The lowest BCUT2D eigenvalue weighted by Gasteiger charge is -2.39. The molecular weight excluding hydrogens is 176 g/mol. The lowest BCUT2D eigenvalue weighted by Crippen LogP contribution is -2.67. The van der Waals surface area contributed by atoms with E-state index in [1.165, 1.54) is 0 Å². The molecule has 2 unspecified atom stereocenters. The highest BCUT2D eigenvalue weighted by Crippen LogP contribution is 2.25. The van der Waals surface area contributed by atoms with E-state index in [2.05, 4.69) is 24.2 Å². The van der Waals surface area contributed by atoms with Crippen LogP contribution in [0.2, 0.25) is 0 Å². The van der Waals surface area contributed by atoms with Crippen LogP contribution in [0.1, 0.15) is 34.6 Å². The lowest BCUT2D eigenvalue weighted by molar-refractivity contribution is 0.221. The predicted octanol–water partition coefficient (Wildman–Crippen LogP) is 0.220. The summed E-state index contributed by atoms with van der Waals surface area (Å²) in [7, 11) is 0. The second kappa shape index (κ2) is 3.02. The quantitative estimate of drug-likeness (QED) is 0.594. The molecule has 0 saturated carbocycles.